The molecule has 4 heteroatoms. The lowest BCUT2D eigenvalue weighted by Crippen LogP contribution is -2.35. The molecule has 0 unspecified atom stereocenters. The van der Waals surface area contributed by atoms with Crippen molar-refractivity contribution in [1.82, 2.24) is 5.32 Å². The van der Waals surface area contributed by atoms with Crippen molar-refractivity contribution < 1.29 is 9.53 Å². The first kappa shape index (κ1) is 9.76. The van der Waals surface area contributed by atoms with Crippen molar-refractivity contribution in [2.75, 3.05) is 6.61 Å². The molecule has 1 atom stereocenters. The minimum atomic E-state index is -0.319. The van der Waals surface area contributed by atoms with E-state index in [0.717, 1.165) is 12.0 Å². The minimum absolute atomic E-state index is 0.103. The van der Waals surface area contributed by atoms with E-state index >= 15 is 0 Å². The van der Waals surface area contributed by atoms with Gasteiger partial charge in [-0.15, -0.1) is 0 Å². The van der Waals surface area contributed by atoms with Crippen LogP contribution in [0.3, 0.4) is 0 Å². The first-order chi connectivity index (χ1) is 6.75. The summed E-state index contributed by atoms with van der Waals surface area (Å²) in [5.74, 6) is 0. The Kier molecular flexibility index (Phi) is 2.90. The van der Waals surface area contributed by atoms with Crippen LogP contribution in [-0.2, 0) is 4.74 Å². The number of cyclic esters (lactones) is 1. The molecule has 1 aliphatic rings. The normalized spacial score (nSPS) is 21.2. The highest BCUT2D eigenvalue weighted by Crippen LogP contribution is 2.21. The molecule has 1 aromatic rings. The first-order valence-electron chi connectivity index (χ1n) is 4.44. The fourth-order valence-electron chi connectivity index (χ4n) is 1.50. The molecule has 0 aromatic heterocycles. The molecule has 1 N–H and O–H groups in total. The summed E-state index contributed by atoms with van der Waals surface area (Å²) in [6.45, 7) is 0.502. The van der Waals surface area contributed by atoms with Gasteiger partial charge in [0.1, 0.15) is 0 Å². The Balaban J connectivity index is 2.17. The molecule has 0 bridgehead atoms. The Morgan fingerprint density at radius 1 is 1.50 bits per heavy atom. The zero-order valence-electron chi connectivity index (χ0n) is 7.50. The molecule has 1 heterocycles. The van der Waals surface area contributed by atoms with E-state index < -0.39 is 0 Å². The number of benzene rings is 1. The van der Waals surface area contributed by atoms with Gasteiger partial charge in [-0.25, -0.2) is 4.79 Å². The Labute approximate surface area is 96.0 Å². The van der Waals surface area contributed by atoms with Gasteiger partial charge in [0.05, 0.1) is 12.6 Å². The highest BCUT2D eigenvalue weighted by Gasteiger charge is 2.20. The third kappa shape index (κ3) is 2.17. The van der Waals surface area contributed by atoms with E-state index in [-0.39, 0.29) is 12.1 Å². The summed E-state index contributed by atoms with van der Waals surface area (Å²) in [5.41, 5.74) is 1.15. The van der Waals surface area contributed by atoms with Gasteiger partial charge in [-0.1, -0.05) is 12.1 Å². The maximum absolute atomic E-state index is 11.0. The summed E-state index contributed by atoms with van der Waals surface area (Å²) >= 11 is 2.26. The van der Waals surface area contributed by atoms with Crippen LogP contribution < -0.4 is 5.32 Å². The van der Waals surface area contributed by atoms with Gasteiger partial charge in [-0.3, -0.25) is 0 Å². The summed E-state index contributed by atoms with van der Waals surface area (Å²) in [6, 6.07) is 8.24. The number of halogens is 1. The summed E-state index contributed by atoms with van der Waals surface area (Å²) in [7, 11) is 0. The van der Waals surface area contributed by atoms with E-state index in [1.165, 1.54) is 3.57 Å². The average Bonchev–Trinajstić information content (AvgIpc) is 2.18. The van der Waals surface area contributed by atoms with Crippen molar-refractivity contribution in [3.8, 4) is 0 Å². The number of carbonyl (C=O) groups excluding carboxylic acids is 1. The fraction of sp³-hybridized carbons (Fsp3) is 0.300. The quantitative estimate of drug-likeness (QED) is 0.809. The molecule has 3 nitrogen and oxygen atoms in total. The summed E-state index contributed by atoms with van der Waals surface area (Å²) in [5, 5.41) is 2.80. The molecule has 1 aromatic carbocycles. The predicted molar refractivity (Wildman–Crippen MR) is 61.0 cm³/mol. The van der Waals surface area contributed by atoms with Crippen LogP contribution in [-0.4, -0.2) is 12.7 Å². The maximum Gasteiger partial charge on any atom is 0.407 e. The second-order valence-corrected chi connectivity index (χ2v) is 4.42. The Morgan fingerprint density at radius 2 is 2.36 bits per heavy atom. The second kappa shape index (κ2) is 4.16. The Bertz CT molecular complexity index is 354. The first-order valence-corrected chi connectivity index (χ1v) is 5.52. The lowest BCUT2D eigenvalue weighted by atomic mass is 10.0. The summed E-state index contributed by atoms with van der Waals surface area (Å²) in [4.78, 5) is 11.0. The average molecular weight is 303 g/mol. The zero-order valence-corrected chi connectivity index (χ0v) is 9.65. The van der Waals surface area contributed by atoms with Gasteiger partial charge < -0.3 is 10.1 Å². The molecular formula is C10H10INO2. The zero-order chi connectivity index (χ0) is 9.97. The van der Waals surface area contributed by atoms with Gasteiger partial charge in [0.15, 0.2) is 0 Å². The monoisotopic (exact) mass is 303 g/mol. The van der Waals surface area contributed by atoms with Crippen LogP contribution in [0.2, 0.25) is 0 Å². The summed E-state index contributed by atoms with van der Waals surface area (Å²) < 4.78 is 5.99. The van der Waals surface area contributed by atoms with Gasteiger partial charge in [-0.2, -0.15) is 0 Å². The van der Waals surface area contributed by atoms with Crippen molar-refractivity contribution in [3.63, 3.8) is 0 Å². The van der Waals surface area contributed by atoms with Gasteiger partial charge in [-0.05, 0) is 40.3 Å². The van der Waals surface area contributed by atoms with Crippen LogP contribution in [0.5, 0.6) is 0 Å². The van der Waals surface area contributed by atoms with Gasteiger partial charge in [0, 0.05) is 9.99 Å². The van der Waals surface area contributed by atoms with Crippen LogP contribution in [0, 0.1) is 3.57 Å². The predicted octanol–water partition coefficient (Wildman–Crippen LogP) is 2.46. The molecule has 0 aliphatic carbocycles. The minimum Gasteiger partial charge on any atom is -0.449 e. The van der Waals surface area contributed by atoms with Crippen molar-refractivity contribution in [1.29, 1.82) is 0 Å². The van der Waals surface area contributed by atoms with E-state index in [1.54, 1.807) is 0 Å². The molecule has 14 heavy (non-hydrogen) atoms. The van der Waals surface area contributed by atoms with E-state index in [1.807, 2.05) is 18.2 Å². The number of amides is 1. The number of ether oxygens (including phenoxy) is 1. The molecule has 74 valence electrons. The fourth-order valence-corrected chi connectivity index (χ4v) is 2.07. The standard InChI is InChI=1S/C10H10INO2/c11-8-3-1-2-7(6-8)9-4-5-14-10(13)12-9/h1-3,6,9H,4-5H2,(H,12,13)/t9-/m0/s1. The molecule has 2 rings (SSSR count). The number of hydrogen-bond donors (Lipinski definition) is 1. The molecule has 0 spiro atoms. The van der Waals surface area contributed by atoms with Crippen LogP contribution >= 0.6 is 22.6 Å². The summed E-state index contributed by atoms with van der Waals surface area (Å²) in [6.07, 6.45) is 0.520. The van der Waals surface area contributed by atoms with E-state index in [4.69, 9.17) is 4.74 Å². The third-order valence-electron chi connectivity index (χ3n) is 2.18. The lowest BCUT2D eigenvalue weighted by Gasteiger charge is -2.23. The smallest absolute Gasteiger partial charge is 0.407 e. The molecule has 1 saturated heterocycles. The molecule has 1 amide bonds. The van der Waals surface area contributed by atoms with Crippen LogP contribution in [0.25, 0.3) is 0 Å². The van der Waals surface area contributed by atoms with Gasteiger partial charge >= 0.3 is 6.09 Å². The topological polar surface area (TPSA) is 38.3 Å². The largest absolute Gasteiger partial charge is 0.449 e. The van der Waals surface area contributed by atoms with Crippen molar-refractivity contribution in [2.24, 2.45) is 0 Å². The number of rotatable bonds is 1. The van der Waals surface area contributed by atoms with Crippen LogP contribution in [0.15, 0.2) is 24.3 Å². The second-order valence-electron chi connectivity index (χ2n) is 3.18. The van der Waals surface area contributed by atoms with Crippen molar-refractivity contribution in [3.05, 3.63) is 33.4 Å². The molecule has 0 radical (unpaired) electrons. The molecule has 0 saturated carbocycles. The van der Waals surface area contributed by atoms with E-state index in [0.29, 0.717) is 6.61 Å². The van der Waals surface area contributed by atoms with Gasteiger partial charge in [0.2, 0.25) is 0 Å². The van der Waals surface area contributed by atoms with Crippen LogP contribution in [0.4, 0.5) is 4.79 Å². The molecule has 1 aliphatic heterocycles. The lowest BCUT2D eigenvalue weighted by molar-refractivity contribution is 0.115. The number of alkyl carbamates (subject to hydrolysis) is 1. The Morgan fingerprint density at radius 3 is 3.07 bits per heavy atom. The number of carbonyl (C=O) groups is 1. The number of hydrogen-bond acceptors (Lipinski definition) is 2. The highest BCUT2D eigenvalue weighted by atomic mass is 127. The van der Waals surface area contributed by atoms with E-state index in [9.17, 15) is 4.79 Å². The molecular weight excluding hydrogens is 293 g/mol. The molecule has 1 fully saturated rings. The maximum atomic E-state index is 11.0. The van der Waals surface area contributed by atoms with Crippen molar-refractivity contribution in [2.45, 2.75) is 12.5 Å². The van der Waals surface area contributed by atoms with E-state index in [2.05, 4.69) is 34.0 Å². The van der Waals surface area contributed by atoms with Crippen LogP contribution in [0.1, 0.15) is 18.0 Å². The number of nitrogens with one attached hydrogen (secondary N) is 1. The highest BCUT2D eigenvalue weighted by molar-refractivity contribution is 14.1. The third-order valence-corrected chi connectivity index (χ3v) is 2.85. The van der Waals surface area contributed by atoms with Crippen molar-refractivity contribution >= 4 is 28.7 Å². The Hall–Kier alpha value is -0.780. The van der Waals surface area contributed by atoms with Gasteiger partial charge in [0.25, 0.3) is 0 Å². The SMILES string of the molecule is O=C1N[C@H](c2cccc(I)c2)CCO1.